The maximum atomic E-state index is 2.50. The highest BCUT2D eigenvalue weighted by Gasteiger charge is 2.64. The zero-order chi connectivity index (χ0) is 82.3. The molecule has 2 spiro atoms. The summed E-state index contributed by atoms with van der Waals surface area (Å²) in [6.07, 6.45) is 14.2. The lowest BCUT2D eigenvalue weighted by Crippen LogP contribution is -2.55. The van der Waals surface area contributed by atoms with Gasteiger partial charge in [-0.3, -0.25) is 0 Å². The van der Waals surface area contributed by atoms with E-state index in [0.29, 0.717) is 0 Å². The van der Waals surface area contributed by atoms with Crippen molar-refractivity contribution in [2.45, 2.75) is 114 Å². The van der Waals surface area contributed by atoms with E-state index in [-0.39, 0.29) is 21.7 Å². The van der Waals surface area contributed by atoms with Crippen LogP contribution in [-0.4, -0.2) is 0 Å². The highest BCUT2D eigenvalue weighted by atomic mass is 15.2. The van der Waals surface area contributed by atoms with Crippen molar-refractivity contribution in [3.8, 4) is 111 Å². The van der Waals surface area contributed by atoms with E-state index in [0.717, 1.165) is 70.1 Å². The van der Waals surface area contributed by atoms with Crippen molar-refractivity contribution < 1.29 is 0 Å². The Kier molecular flexibility index (Phi) is 16.9. The third-order valence-electron chi connectivity index (χ3n) is 32.5. The first-order chi connectivity index (χ1) is 60.9. The molecule has 16 aromatic rings. The third kappa shape index (κ3) is 11.1. The Balaban J connectivity index is 0.000000136. The SMILES string of the molecule is CC1(C)c2ccccc2-c2c(N(c3ccc(-c4ccccc4)cc3)c3ccc(-c4ccc(-c5cccc6c5C5(c7ccccc7-6)C6CC7CC(C6)CC5C7)cc4)cc3)cccc21.CC1(C)c2ccccc2-c2cccc(N(c3ccc(-c4ccccc4)cc3)c3ccc(-c4ccc(-c5cccc6c5C5(c7ccccc7-6)C6CC7CC(C6)CC5C7)cc4)cc3)c21. The second-order valence-corrected chi connectivity index (χ2v) is 39.4. The van der Waals surface area contributed by atoms with Gasteiger partial charge in [0.05, 0.1) is 11.4 Å². The molecular weight excluding hydrogens is 1490 g/mol. The van der Waals surface area contributed by atoms with Crippen molar-refractivity contribution in [3.63, 3.8) is 0 Å². The third-order valence-corrected chi connectivity index (χ3v) is 32.5. The zero-order valence-electron chi connectivity index (χ0n) is 71.4. The molecule has 0 N–H and O–H groups in total. The molecule has 0 unspecified atom stereocenters. The number of benzene rings is 16. The number of fused-ring (bicyclic) bond motifs is 12. The van der Waals surface area contributed by atoms with Gasteiger partial charge in [-0.15, -0.1) is 0 Å². The standard InChI is InChI=1S/2C61H51N/c1-60(2)54-18-8-7-15-53(54)58-56(60)20-11-21-57(58)62(48-30-26-43(27-31-48)41-12-4-3-5-13-41)49-32-28-44(29-33-49)42-22-24-45(25-23-42)50-16-10-17-52-51-14-6-9-19-55(51)61(59(50)52)46-35-39-34-40(37-46)38-47(61)36-39;1-60(2)55-19-8-6-14-51(55)54-18-11-21-57(59(54)60)62(48-30-26-43(27-31-48)41-12-4-3-5-13-41)49-32-28-44(29-33-49)42-22-24-45(25-23-42)50-16-10-17-53-52-15-7-9-20-56(52)61(58(50)53)46-35-39-34-40(37-46)38-47(61)36-39/h2*3-33,39-40,46-47H,34-38H2,1-2H3. The fourth-order valence-electron chi connectivity index (χ4n) is 27.8. The summed E-state index contributed by atoms with van der Waals surface area (Å²) in [5.74, 6) is 6.73. The topological polar surface area (TPSA) is 6.48 Å². The monoisotopic (exact) mass is 1590 g/mol. The van der Waals surface area contributed by atoms with Gasteiger partial charge in [0.25, 0.3) is 0 Å². The van der Waals surface area contributed by atoms with Gasteiger partial charge in [-0.25, -0.2) is 0 Å². The molecule has 28 rings (SSSR count). The van der Waals surface area contributed by atoms with Crippen LogP contribution in [0.15, 0.2) is 376 Å². The molecule has 16 aromatic carbocycles. The molecule has 124 heavy (non-hydrogen) atoms. The Hall–Kier alpha value is -12.9. The smallest absolute Gasteiger partial charge is 0.0543 e. The van der Waals surface area contributed by atoms with Crippen molar-refractivity contribution in [2.24, 2.45) is 47.3 Å². The molecule has 12 aliphatic carbocycles. The van der Waals surface area contributed by atoms with Crippen LogP contribution < -0.4 is 9.80 Å². The predicted molar refractivity (Wildman–Crippen MR) is 517 cm³/mol. The average molecular weight is 1600 g/mol. The van der Waals surface area contributed by atoms with Crippen LogP contribution in [0.4, 0.5) is 34.1 Å². The minimum atomic E-state index is -0.149. The first-order valence-corrected chi connectivity index (χ1v) is 46.2. The van der Waals surface area contributed by atoms with E-state index in [9.17, 15) is 0 Å². The predicted octanol–water partition coefficient (Wildman–Crippen LogP) is 32.4. The van der Waals surface area contributed by atoms with Gasteiger partial charge in [-0.05, 0) is 322 Å². The van der Waals surface area contributed by atoms with Crippen molar-refractivity contribution in [1.29, 1.82) is 0 Å². The minimum absolute atomic E-state index is 0.0825. The molecule has 8 saturated carbocycles. The maximum Gasteiger partial charge on any atom is 0.0543 e. The largest absolute Gasteiger partial charge is 0.310 e. The number of nitrogens with zero attached hydrogens (tertiary/aromatic N) is 2. The van der Waals surface area contributed by atoms with Gasteiger partial charge in [0.15, 0.2) is 0 Å². The molecule has 600 valence electrons. The zero-order valence-corrected chi connectivity index (χ0v) is 71.4. The van der Waals surface area contributed by atoms with Crippen molar-refractivity contribution >= 4 is 34.1 Å². The summed E-state index contributed by atoms with van der Waals surface area (Å²) in [7, 11) is 0. The van der Waals surface area contributed by atoms with Crippen LogP contribution in [0.3, 0.4) is 0 Å². The summed E-state index contributed by atoms with van der Waals surface area (Å²) in [6, 6.07) is 142. The summed E-state index contributed by atoms with van der Waals surface area (Å²) in [4.78, 5) is 4.94. The van der Waals surface area contributed by atoms with Gasteiger partial charge in [-0.1, -0.05) is 343 Å². The highest BCUT2D eigenvalue weighted by Crippen LogP contribution is 2.73. The lowest BCUT2D eigenvalue weighted by molar-refractivity contribution is -0.0397. The number of rotatable bonds is 12. The minimum Gasteiger partial charge on any atom is -0.310 e. The Morgan fingerprint density at radius 3 is 0.839 bits per heavy atom. The average Bonchev–Trinajstić information content (AvgIpc) is 1.48. The van der Waals surface area contributed by atoms with Gasteiger partial charge >= 0.3 is 0 Å². The van der Waals surface area contributed by atoms with Crippen LogP contribution in [-0.2, 0) is 21.7 Å². The Bertz CT molecular complexity index is 6830. The summed E-state index contributed by atoms with van der Waals surface area (Å²) < 4.78 is 0. The van der Waals surface area contributed by atoms with E-state index >= 15 is 0 Å². The second kappa shape index (κ2) is 28.3. The Morgan fingerprint density at radius 2 is 0.444 bits per heavy atom. The molecule has 12 aliphatic rings. The molecular formula is C122H102N2. The highest BCUT2D eigenvalue weighted by molar-refractivity contribution is 5.98. The molecule has 0 amide bonds. The van der Waals surface area contributed by atoms with Crippen LogP contribution in [0.25, 0.3) is 111 Å². The van der Waals surface area contributed by atoms with Crippen molar-refractivity contribution in [3.05, 3.63) is 421 Å². The fraction of sp³-hybridized carbons (Fsp3) is 0.213. The van der Waals surface area contributed by atoms with E-state index in [1.54, 1.807) is 22.3 Å². The van der Waals surface area contributed by atoms with Crippen molar-refractivity contribution in [1.82, 2.24) is 0 Å². The summed E-state index contributed by atoms with van der Waals surface area (Å²) in [6.45, 7) is 9.50. The fourth-order valence-corrected chi connectivity index (χ4v) is 27.8. The molecule has 0 saturated heterocycles. The first kappa shape index (κ1) is 73.8. The lowest BCUT2D eigenvalue weighted by atomic mass is 9.42. The maximum absolute atomic E-state index is 2.50. The Morgan fingerprint density at radius 1 is 0.185 bits per heavy atom. The van der Waals surface area contributed by atoms with Crippen LogP contribution in [0.5, 0.6) is 0 Å². The van der Waals surface area contributed by atoms with Crippen molar-refractivity contribution in [2.75, 3.05) is 9.80 Å². The van der Waals surface area contributed by atoms with Gasteiger partial charge in [-0.2, -0.15) is 0 Å². The molecule has 0 radical (unpaired) electrons. The number of hydrogen-bond acceptors (Lipinski definition) is 2. The van der Waals surface area contributed by atoms with Gasteiger partial charge in [0.1, 0.15) is 0 Å². The number of anilines is 6. The molecule has 8 fully saturated rings. The molecule has 0 atom stereocenters. The van der Waals surface area contributed by atoms with Crippen LogP contribution in [0.1, 0.15) is 136 Å². The molecule has 2 heteroatoms. The molecule has 8 bridgehead atoms. The first-order valence-electron chi connectivity index (χ1n) is 46.2. The van der Waals surface area contributed by atoms with E-state index < -0.39 is 0 Å². The summed E-state index contributed by atoms with van der Waals surface area (Å²) in [5.41, 5.74) is 45.8. The second-order valence-electron chi connectivity index (χ2n) is 39.4. The van der Waals surface area contributed by atoms with Crippen LogP contribution in [0.2, 0.25) is 0 Å². The molecule has 0 aromatic heterocycles. The van der Waals surface area contributed by atoms with E-state index in [1.165, 1.54) is 209 Å². The quantitative estimate of drug-likeness (QED) is 0.120. The number of hydrogen-bond donors (Lipinski definition) is 0. The van der Waals surface area contributed by atoms with E-state index in [1.807, 2.05) is 0 Å². The van der Waals surface area contributed by atoms with Gasteiger partial charge in [0.2, 0.25) is 0 Å². The van der Waals surface area contributed by atoms with Gasteiger partial charge < -0.3 is 9.80 Å². The van der Waals surface area contributed by atoms with Crippen LogP contribution >= 0.6 is 0 Å². The van der Waals surface area contributed by atoms with Gasteiger partial charge in [0, 0.05) is 50.0 Å². The summed E-state index contributed by atoms with van der Waals surface area (Å²) in [5, 5.41) is 0. The van der Waals surface area contributed by atoms with E-state index in [4.69, 9.17) is 0 Å². The lowest BCUT2D eigenvalue weighted by Gasteiger charge is -2.61. The normalized spacial score (nSPS) is 22.9. The molecule has 0 heterocycles. The summed E-state index contributed by atoms with van der Waals surface area (Å²) >= 11 is 0. The Labute approximate surface area is 731 Å². The van der Waals surface area contributed by atoms with E-state index in [2.05, 4.69) is 414 Å². The van der Waals surface area contributed by atoms with Crippen LogP contribution in [0, 0.1) is 47.3 Å². The molecule has 0 aliphatic heterocycles. The molecule has 2 nitrogen and oxygen atoms in total.